The SMILES string of the molecule is Cc1nn(C)c2nc(-c3cccs3)cc(C(=O)OCC(=O)NCCc3ccc(F)cc3)c12. The highest BCUT2D eigenvalue weighted by atomic mass is 32.1. The van der Waals surface area contributed by atoms with Gasteiger partial charge in [0.1, 0.15) is 5.82 Å². The van der Waals surface area contributed by atoms with Crippen LogP contribution in [0.3, 0.4) is 0 Å². The van der Waals surface area contributed by atoms with Gasteiger partial charge in [-0.2, -0.15) is 5.10 Å². The maximum atomic E-state index is 13.0. The van der Waals surface area contributed by atoms with Gasteiger partial charge in [-0.1, -0.05) is 18.2 Å². The van der Waals surface area contributed by atoms with Crippen molar-refractivity contribution in [3.63, 3.8) is 0 Å². The maximum absolute atomic E-state index is 13.0. The Morgan fingerprint density at radius 1 is 1.22 bits per heavy atom. The van der Waals surface area contributed by atoms with Gasteiger partial charge >= 0.3 is 5.97 Å². The number of nitrogens with zero attached hydrogens (tertiary/aromatic N) is 3. The summed E-state index contributed by atoms with van der Waals surface area (Å²) in [5.41, 5.74) is 3.10. The van der Waals surface area contributed by atoms with E-state index in [2.05, 4.69) is 15.4 Å². The van der Waals surface area contributed by atoms with Crippen LogP contribution in [0.4, 0.5) is 4.39 Å². The average Bonchev–Trinajstić information content (AvgIpc) is 3.41. The van der Waals surface area contributed by atoms with Gasteiger partial charge in [0, 0.05) is 13.6 Å². The van der Waals surface area contributed by atoms with E-state index in [1.54, 1.807) is 36.9 Å². The van der Waals surface area contributed by atoms with Gasteiger partial charge in [-0.05, 0) is 48.6 Å². The summed E-state index contributed by atoms with van der Waals surface area (Å²) in [7, 11) is 1.77. The number of aryl methyl sites for hydroxylation is 2. The Morgan fingerprint density at radius 3 is 2.72 bits per heavy atom. The molecular weight excluding hydrogens is 431 g/mol. The standard InChI is InChI=1S/C23H21FN4O3S/c1-14-21-17(12-18(19-4-3-11-32-19)26-22(21)28(2)27-14)23(30)31-13-20(29)25-10-9-15-5-7-16(24)8-6-15/h3-8,11-12H,9-10,13H2,1-2H3,(H,25,29). The summed E-state index contributed by atoms with van der Waals surface area (Å²) >= 11 is 1.51. The van der Waals surface area contributed by atoms with Gasteiger partial charge in [0.05, 0.1) is 27.2 Å². The molecule has 0 aliphatic heterocycles. The summed E-state index contributed by atoms with van der Waals surface area (Å²) in [6, 6.07) is 11.6. The number of carbonyl (C=O) groups is 2. The number of carbonyl (C=O) groups excluding carboxylic acids is 2. The molecule has 0 saturated heterocycles. The van der Waals surface area contributed by atoms with Gasteiger partial charge in [-0.15, -0.1) is 11.3 Å². The molecule has 3 aromatic heterocycles. The van der Waals surface area contributed by atoms with Crippen LogP contribution in [0.15, 0.2) is 47.8 Å². The Hall–Kier alpha value is -3.59. The van der Waals surface area contributed by atoms with E-state index in [4.69, 9.17) is 4.74 Å². The van der Waals surface area contributed by atoms with Crippen molar-refractivity contribution < 1.29 is 18.7 Å². The fourth-order valence-corrected chi connectivity index (χ4v) is 4.10. The summed E-state index contributed by atoms with van der Waals surface area (Å²) in [5, 5.41) is 9.62. The van der Waals surface area contributed by atoms with E-state index in [9.17, 15) is 14.0 Å². The Kier molecular flexibility index (Phi) is 6.27. The monoisotopic (exact) mass is 452 g/mol. The van der Waals surface area contributed by atoms with Gasteiger partial charge in [0.25, 0.3) is 5.91 Å². The first-order valence-corrected chi connectivity index (χ1v) is 10.9. The average molecular weight is 453 g/mol. The summed E-state index contributed by atoms with van der Waals surface area (Å²) < 4.78 is 19.9. The molecule has 0 aliphatic rings. The number of fused-ring (bicyclic) bond motifs is 1. The molecule has 0 radical (unpaired) electrons. The fourth-order valence-electron chi connectivity index (χ4n) is 3.41. The summed E-state index contributed by atoms with van der Waals surface area (Å²) in [4.78, 5) is 30.6. The second-order valence-electron chi connectivity index (χ2n) is 7.24. The lowest BCUT2D eigenvalue weighted by atomic mass is 10.1. The predicted molar refractivity (Wildman–Crippen MR) is 120 cm³/mol. The Morgan fingerprint density at radius 2 is 2.00 bits per heavy atom. The van der Waals surface area contributed by atoms with Crippen molar-refractivity contribution in [3.05, 3.63) is 70.5 Å². The molecule has 4 rings (SSSR count). The van der Waals surface area contributed by atoms with E-state index in [-0.39, 0.29) is 5.82 Å². The smallest absolute Gasteiger partial charge is 0.339 e. The number of hydrogen-bond acceptors (Lipinski definition) is 6. The number of ether oxygens (including phenoxy) is 1. The molecule has 9 heteroatoms. The third kappa shape index (κ3) is 4.67. The molecule has 164 valence electrons. The van der Waals surface area contributed by atoms with Crippen molar-refractivity contribution in [3.8, 4) is 10.6 Å². The van der Waals surface area contributed by atoms with Crippen LogP contribution in [0.2, 0.25) is 0 Å². The lowest BCUT2D eigenvalue weighted by Crippen LogP contribution is -2.30. The molecule has 32 heavy (non-hydrogen) atoms. The minimum atomic E-state index is -0.611. The molecule has 7 nitrogen and oxygen atoms in total. The number of aromatic nitrogens is 3. The highest BCUT2D eigenvalue weighted by Crippen LogP contribution is 2.29. The van der Waals surface area contributed by atoms with Crippen molar-refractivity contribution in [1.82, 2.24) is 20.1 Å². The zero-order chi connectivity index (χ0) is 22.7. The Balaban J connectivity index is 1.44. The zero-order valence-electron chi connectivity index (χ0n) is 17.6. The Labute approximate surface area is 187 Å². The molecule has 3 heterocycles. The van der Waals surface area contributed by atoms with E-state index in [1.165, 1.54) is 23.5 Å². The van der Waals surface area contributed by atoms with Crippen LogP contribution in [0.1, 0.15) is 21.6 Å². The normalized spacial score (nSPS) is 11.0. The number of esters is 1. The van der Waals surface area contributed by atoms with Crippen molar-refractivity contribution in [2.75, 3.05) is 13.2 Å². The minimum Gasteiger partial charge on any atom is -0.452 e. The number of pyridine rings is 1. The number of benzene rings is 1. The molecule has 0 saturated carbocycles. The van der Waals surface area contributed by atoms with Crippen LogP contribution in [0.25, 0.3) is 21.6 Å². The largest absolute Gasteiger partial charge is 0.452 e. The molecule has 1 aromatic carbocycles. The summed E-state index contributed by atoms with van der Waals surface area (Å²) in [5.74, 6) is -1.33. The molecule has 0 unspecified atom stereocenters. The van der Waals surface area contributed by atoms with Crippen molar-refractivity contribution >= 4 is 34.2 Å². The van der Waals surface area contributed by atoms with Gasteiger partial charge in [0.2, 0.25) is 0 Å². The first-order chi connectivity index (χ1) is 15.4. The number of thiophene rings is 1. The van der Waals surface area contributed by atoms with Gasteiger partial charge in [-0.25, -0.2) is 14.2 Å². The first-order valence-electron chi connectivity index (χ1n) is 9.99. The lowest BCUT2D eigenvalue weighted by molar-refractivity contribution is -0.124. The highest BCUT2D eigenvalue weighted by molar-refractivity contribution is 7.13. The Bertz CT molecular complexity index is 1270. The summed E-state index contributed by atoms with van der Waals surface area (Å²) in [6.45, 7) is 1.75. The second-order valence-corrected chi connectivity index (χ2v) is 8.19. The van der Waals surface area contributed by atoms with Crippen molar-refractivity contribution in [2.24, 2.45) is 7.05 Å². The quantitative estimate of drug-likeness (QED) is 0.433. The number of hydrogen-bond donors (Lipinski definition) is 1. The third-order valence-electron chi connectivity index (χ3n) is 4.95. The van der Waals surface area contributed by atoms with Crippen LogP contribution in [0, 0.1) is 12.7 Å². The van der Waals surface area contributed by atoms with Gasteiger partial charge < -0.3 is 10.1 Å². The number of halogens is 1. The van der Waals surface area contributed by atoms with Crippen LogP contribution in [-0.2, 0) is 23.0 Å². The molecule has 1 amide bonds. The van der Waals surface area contributed by atoms with Gasteiger partial charge in [-0.3, -0.25) is 9.48 Å². The fraction of sp³-hybridized carbons (Fsp3) is 0.217. The van der Waals surface area contributed by atoms with E-state index < -0.39 is 18.5 Å². The molecule has 0 aliphatic carbocycles. The van der Waals surface area contributed by atoms with E-state index >= 15 is 0 Å². The van der Waals surface area contributed by atoms with Crippen LogP contribution in [-0.4, -0.2) is 39.8 Å². The highest BCUT2D eigenvalue weighted by Gasteiger charge is 2.21. The predicted octanol–water partition coefficient (Wildman–Crippen LogP) is 3.66. The van der Waals surface area contributed by atoms with Crippen molar-refractivity contribution in [1.29, 1.82) is 0 Å². The van der Waals surface area contributed by atoms with Crippen molar-refractivity contribution in [2.45, 2.75) is 13.3 Å². The lowest BCUT2D eigenvalue weighted by Gasteiger charge is -2.09. The third-order valence-corrected chi connectivity index (χ3v) is 5.84. The molecular formula is C23H21FN4O3S. The van der Waals surface area contributed by atoms with E-state index in [0.717, 1.165) is 10.4 Å². The molecule has 4 aromatic rings. The zero-order valence-corrected chi connectivity index (χ0v) is 18.4. The van der Waals surface area contributed by atoms with Crippen LogP contribution >= 0.6 is 11.3 Å². The molecule has 0 atom stereocenters. The number of amides is 1. The number of nitrogens with one attached hydrogen (secondary N) is 1. The van der Waals surface area contributed by atoms with E-state index in [1.807, 2.05) is 17.5 Å². The topological polar surface area (TPSA) is 86.1 Å². The molecule has 1 N–H and O–H groups in total. The molecule has 0 fully saturated rings. The van der Waals surface area contributed by atoms with Gasteiger partial charge in [0.15, 0.2) is 12.3 Å². The maximum Gasteiger partial charge on any atom is 0.339 e. The summed E-state index contributed by atoms with van der Waals surface area (Å²) in [6.07, 6.45) is 0.546. The number of rotatable bonds is 7. The first kappa shape index (κ1) is 21.6. The second kappa shape index (κ2) is 9.27. The molecule has 0 bridgehead atoms. The molecule has 0 spiro atoms. The van der Waals surface area contributed by atoms with Crippen LogP contribution < -0.4 is 5.32 Å². The van der Waals surface area contributed by atoms with Crippen LogP contribution in [0.5, 0.6) is 0 Å². The van der Waals surface area contributed by atoms with E-state index in [0.29, 0.717) is 41.0 Å². The minimum absolute atomic E-state index is 0.305.